The van der Waals surface area contributed by atoms with Gasteiger partial charge in [-0.15, -0.1) is 0 Å². The second kappa shape index (κ2) is 6.07. The molecule has 1 N–H and O–H groups in total. The first-order valence-corrected chi connectivity index (χ1v) is 9.04. The summed E-state index contributed by atoms with van der Waals surface area (Å²) in [6.07, 6.45) is 7.93. The molecule has 128 valence electrons. The number of fused-ring (bicyclic) bond motifs is 1. The first kappa shape index (κ1) is 15.4. The monoisotopic (exact) mass is 328 g/mol. The molecule has 2 aromatic heterocycles. The van der Waals surface area contributed by atoms with E-state index in [1.807, 2.05) is 11.0 Å². The summed E-state index contributed by atoms with van der Waals surface area (Å²) in [5.41, 5.74) is 1.86. The summed E-state index contributed by atoms with van der Waals surface area (Å²) in [5, 5.41) is 3.19. The summed E-state index contributed by atoms with van der Waals surface area (Å²) >= 11 is 0. The minimum absolute atomic E-state index is 0.0112. The van der Waals surface area contributed by atoms with Gasteiger partial charge in [0.05, 0.1) is 10.9 Å². The van der Waals surface area contributed by atoms with Gasteiger partial charge in [-0.2, -0.15) is 0 Å². The van der Waals surface area contributed by atoms with Gasteiger partial charge in [-0.3, -0.25) is 19.4 Å². The van der Waals surface area contributed by atoms with Crippen molar-refractivity contribution in [1.29, 1.82) is 0 Å². The largest absolute Gasteiger partial charge is 0.339 e. The van der Waals surface area contributed by atoms with Gasteiger partial charge in [0.15, 0.2) is 5.65 Å². The highest BCUT2D eigenvalue weighted by atomic mass is 16.2. The number of hydrogen-bond donors (Lipinski definition) is 1. The van der Waals surface area contributed by atoms with Crippen molar-refractivity contribution in [2.45, 2.75) is 50.9 Å². The Morgan fingerprint density at radius 1 is 1.17 bits per heavy atom. The molecular weight excluding hydrogens is 304 g/mol. The number of carbonyl (C=O) groups excluding carboxylic acids is 1. The zero-order valence-corrected chi connectivity index (χ0v) is 14.2. The topological polar surface area (TPSA) is 71.0 Å². The molecule has 4 rings (SSSR count). The van der Waals surface area contributed by atoms with E-state index in [1.165, 1.54) is 19.3 Å². The van der Waals surface area contributed by atoms with Crippen molar-refractivity contribution >= 4 is 16.9 Å². The van der Waals surface area contributed by atoms with E-state index in [2.05, 4.69) is 10.1 Å². The lowest BCUT2D eigenvalue weighted by atomic mass is 10.1. The zero-order chi connectivity index (χ0) is 16.7. The first-order chi connectivity index (χ1) is 11.6. The number of pyridine rings is 1. The van der Waals surface area contributed by atoms with E-state index in [0.717, 1.165) is 44.5 Å². The van der Waals surface area contributed by atoms with Gasteiger partial charge in [-0.25, -0.2) is 4.98 Å². The van der Waals surface area contributed by atoms with E-state index in [4.69, 9.17) is 0 Å². The third-order valence-electron chi connectivity index (χ3n) is 5.20. The van der Waals surface area contributed by atoms with E-state index in [1.54, 1.807) is 11.7 Å². The summed E-state index contributed by atoms with van der Waals surface area (Å²) < 4.78 is 1.63. The number of nitrogens with zero attached hydrogens (tertiary/aromatic N) is 3. The second-order valence-corrected chi connectivity index (χ2v) is 7.13. The van der Waals surface area contributed by atoms with Gasteiger partial charge >= 0.3 is 0 Å². The number of likely N-dealkylation sites (tertiary alicyclic amines) is 1. The molecule has 0 radical (unpaired) electrons. The van der Waals surface area contributed by atoms with Crippen LogP contribution >= 0.6 is 0 Å². The van der Waals surface area contributed by atoms with Crippen LogP contribution in [0.25, 0.3) is 11.0 Å². The maximum Gasteiger partial charge on any atom is 0.274 e. The van der Waals surface area contributed by atoms with E-state index in [9.17, 15) is 9.59 Å². The van der Waals surface area contributed by atoms with Crippen LogP contribution in [-0.4, -0.2) is 38.7 Å². The highest BCUT2D eigenvalue weighted by Crippen LogP contribution is 2.40. The third kappa shape index (κ3) is 2.74. The van der Waals surface area contributed by atoms with Crippen molar-refractivity contribution in [3.63, 3.8) is 0 Å². The normalized spacial score (nSPS) is 19.3. The first-order valence-electron chi connectivity index (χ1n) is 9.04. The smallest absolute Gasteiger partial charge is 0.274 e. The number of aryl methyl sites for hydroxylation is 1. The molecule has 1 aliphatic carbocycles. The fourth-order valence-corrected chi connectivity index (χ4v) is 3.66. The molecule has 1 saturated carbocycles. The summed E-state index contributed by atoms with van der Waals surface area (Å²) in [5.74, 6) is 0.432. The molecule has 0 spiro atoms. The number of amides is 1. The second-order valence-electron chi connectivity index (χ2n) is 7.13. The Balaban J connectivity index is 1.78. The van der Waals surface area contributed by atoms with Crippen LogP contribution in [0.5, 0.6) is 0 Å². The lowest BCUT2D eigenvalue weighted by Gasteiger charge is -2.25. The van der Waals surface area contributed by atoms with Crippen molar-refractivity contribution in [2.24, 2.45) is 7.05 Å². The predicted molar refractivity (Wildman–Crippen MR) is 92.3 cm³/mol. The Morgan fingerprint density at radius 3 is 2.50 bits per heavy atom. The summed E-state index contributed by atoms with van der Waals surface area (Å²) in [4.78, 5) is 32.1. The maximum absolute atomic E-state index is 13.2. The highest BCUT2D eigenvalue weighted by molar-refractivity contribution is 6.05. The Kier molecular flexibility index (Phi) is 3.90. The Morgan fingerprint density at radius 2 is 1.83 bits per heavy atom. The molecule has 1 saturated heterocycles. The molecule has 0 unspecified atom stereocenters. The molecule has 2 aliphatic rings. The SMILES string of the molecule is Cn1[nH]c(=O)c2c(C(=O)N3CCCCCCC3)cc(C3CC3)nc21. The summed E-state index contributed by atoms with van der Waals surface area (Å²) in [6, 6.07) is 1.87. The van der Waals surface area contributed by atoms with Crippen LogP contribution in [0.2, 0.25) is 0 Å². The lowest BCUT2D eigenvalue weighted by Crippen LogP contribution is -2.34. The molecule has 3 heterocycles. The number of H-pyrrole nitrogens is 1. The molecule has 6 nitrogen and oxygen atoms in total. The van der Waals surface area contributed by atoms with Crippen LogP contribution < -0.4 is 5.56 Å². The van der Waals surface area contributed by atoms with Gasteiger partial charge in [0, 0.05) is 31.7 Å². The molecule has 2 aromatic rings. The molecule has 0 atom stereocenters. The van der Waals surface area contributed by atoms with E-state index in [-0.39, 0.29) is 11.5 Å². The summed E-state index contributed by atoms with van der Waals surface area (Å²) in [7, 11) is 1.78. The molecule has 6 heteroatoms. The van der Waals surface area contributed by atoms with Gasteiger partial charge in [-0.1, -0.05) is 19.3 Å². The number of hydrogen-bond acceptors (Lipinski definition) is 3. The number of nitrogens with one attached hydrogen (secondary N) is 1. The highest BCUT2D eigenvalue weighted by Gasteiger charge is 2.29. The Bertz CT molecular complexity index is 823. The standard InChI is InChI=1S/C18H24N4O2/c1-21-16-15(17(23)20-21)13(11-14(19-16)12-7-8-12)18(24)22-9-5-3-2-4-6-10-22/h11-12H,2-10H2,1H3,(H,20,23). The molecule has 0 aromatic carbocycles. The lowest BCUT2D eigenvalue weighted by molar-refractivity contribution is 0.0744. The fourth-order valence-electron chi connectivity index (χ4n) is 3.66. The van der Waals surface area contributed by atoms with Gasteiger partial charge in [0.2, 0.25) is 0 Å². The molecule has 24 heavy (non-hydrogen) atoms. The van der Waals surface area contributed by atoms with Gasteiger partial charge in [-0.05, 0) is 31.7 Å². The minimum Gasteiger partial charge on any atom is -0.339 e. The van der Waals surface area contributed by atoms with Crippen LogP contribution in [-0.2, 0) is 7.05 Å². The zero-order valence-electron chi connectivity index (χ0n) is 14.2. The Hall–Kier alpha value is -2.11. The van der Waals surface area contributed by atoms with Crippen LogP contribution in [0, 0.1) is 0 Å². The van der Waals surface area contributed by atoms with Crippen molar-refractivity contribution in [3.8, 4) is 0 Å². The van der Waals surface area contributed by atoms with Crippen LogP contribution in [0.3, 0.4) is 0 Å². The maximum atomic E-state index is 13.2. The average molecular weight is 328 g/mol. The predicted octanol–water partition coefficient (Wildman–Crippen LogP) is 2.55. The van der Waals surface area contributed by atoms with Crippen LogP contribution in [0.15, 0.2) is 10.9 Å². The number of aromatic amines is 1. The quantitative estimate of drug-likeness (QED) is 0.921. The van der Waals surface area contributed by atoms with Crippen LogP contribution in [0.1, 0.15) is 66.9 Å². The van der Waals surface area contributed by atoms with E-state index >= 15 is 0 Å². The van der Waals surface area contributed by atoms with Crippen LogP contribution in [0.4, 0.5) is 0 Å². The molecular formula is C18H24N4O2. The van der Waals surface area contributed by atoms with Crippen molar-refractivity contribution in [2.75, 3.05) is 13.1 Å². The van der Waals surface area contributed by atoms with Crippen molar-refractivity contribution in [3.05, 3.63) is 27.7 Å². The van der Waals surface area contributed by atoms with Gasteiger partial charge in [0.1, 0.15) is 0 Å². The van der Waals surface area contributed by atoms with Crippen molar-refractivity contribution in [1.82, 2.24) is 19.7 Å². The van der Waals surface area contributed by atoms with Crippen molar-refractivity contribution < 1.29 is 4.79 Å². The summed E-state index contributed by atoms with van der Waals surface area (Å²) in [6.45, 7) is 1.57. The molecule has 2 fully saturated rings. The van der Waals surface area contributed by atoms with Gasteiger partial charge < -0.3 is 4.90 Å². The number of carbonyl (C=O) groups is 1. The minimum atomic E-state index is -0.224. The van der Waals surface area contributed by atoms with E-state index < -0.39 is 0 Å². The van der Waals surface area contributed by atoms with E-state index in [0.29, 0.717) is 22.5 Å². The third-order valence-corrected chi connectivity index (χ3v) is 5.20. The Labute approximate surface area is 140 Å². The fraction of sp³-hybridized carbons (Fsp3) is 0.611. The molecule has 1 aliphatic heterocycles. The molecule has 0 bridgehead atoms. The number of rotatable bonds is 2. The molecule has 1 amide bonds. The number of aromatic nitrogens is 3. The van der Waals surface area contributed by atoms with Gasteiger partial charge in [0.25, 0.3) is 11.5 Å². The average Bonchev–Trinajstić information content (AvgIpc) is 3.33.